The van der Waals surface area contributed by atoms with E-state index in [9.17, 15) is 13.5 Å². The van der Waals surface area contributed by atoms with Crippen LogP contribution in [0, 0.1) is 0 Å². The molecule has 0 radical (unpaired) electrons. The zero-order chi connectivity index (χ0) is 41.5. The van der Waals surface area contributed by atoms with Crippen LogP contribution in [0.2, 0.25) is 16.6 Å². The third kappa shape index (κ3) is 9.45. The first kappa shape index (κ1) is 43.7. The molecular formula is C46H59NO9SSi. The minimum absolute atomic E-state index is 0.185. The number of fused-ring (bicyclic) bond motifs is 1. The largest absolute Gasteiger partial charge is 0.497 e. The molecule has 5 atom stereocenters. The fourth-order valence-electron chi connectivity index (χ4n) is 8.61. The van der Waals surface area contributed by atoms with E-state index in [1.54, 1.807) is 43.6 Å². The molecule has 1 aliphatic heterocycles. The van der Waals surface area contributed by atoms with Gasteiger partial charge in [0.1, 0.15) is 30.2 Å². The van der Waals surface area contributed by atoms with Crippen LogP contribution in [0.4, 0.5) is 0 Å². The van der Waals surface area contributed by atoms with Gasteiger partial charge in [-0.15, -0.1) is 0 Å². The maximum absolute atomic E-state index is 13.8. The number of para-hydroxylation sites is 1. The summed E-state index contributed by atoms with van der Waals surface area (Å²) in [5, 5.41) is 11.7. The van der Waals surface area contributed by atoms with Crippen molar-refractivity contribution in [2.24, 2.45) is 0 Å². The fraction of sp³-hybridized carbons (Fsp3) is 0.435. The van der Waals surface area contributed by atoms with Crippen molar-refractivity contribution in [1.29, 1.82) is 0 Å². The number of aliphatic hydroxyl groups is 1. The van der Waals surface area contributed by atoms with Gasteiger partial charge in [0.2, 0.25) is 8.32 Å². The van der Waals surface area contributed by atoms with Crippen molar-refractivity contribution in [3.8, 4) is 5.75 Å². The number of methoxy groups -OCH3 is 1. The van der Waals surface area contributed by atoms with E-state index in [2.05, 4.69) is 41.5 Å². The molecule has 6 rings (SSSR count). The van der Waals surface area contributed by atoms with E-state index in [0.717, 1.165) is 27.8 Å². The summed E-state index contributed by atoms with van der Waals surface area (Å²) in [6, 6.07) is 33.6. The molecular weight excluding hydrogens is 771 g/mol. The van der Waals surface area contributed by atoms with E-state index in [1.807, 2.05) is 78.9 Å². The molecule has 2 heterocycles. The monoisotopic (exact) mass is 829 g/mol. The van der Waals surface area contributed by atoms with Crippen LogP contribution in [0.5, 0.6) is 5.75 Å². The smallest absolute Gasteiger partial charge is 0.268 e. The second kappa shape index (κ2) is 19.5. The highest BCUT2D eigenvalue weighted by molar-refractivity contribution is 7.90. The van der Waals surface area contributed by atoms with Crippen LogP contribution in [0.25, 0.3) is 10.9 Å². The predicted octanol–water partition coefficient (Wildman–Crippen LogP) is 8.89. The minimum Gasteiger partial charge on any atom is -0.497 e. The Balaban J connectivity index is 1.35. The van der Waals surface area contributed by atoms with Gasteiger partial charge in [-0.05, 0) is 70.1 Å². The van der Waals surface area contributed by atoms with Crippen LogP contribution in [-0.2, 0) is 53.0 Å². The molecule has 10 nitrogen and oxygen atoms in total. The first-order valence-corrected chi connectivity index (χ1v) is 23.8. The Morgan fingerprint density at radius 2 is 1.28 bits per heavy atom. The predicted molar refractivity (Wildman–Crippen MR) is 229 cm³/mol. The summed E-state index contributed by atoms with van der Waals surface area (Å²) in [5.41, 5.74) is 4.06. The summed E-state index contributed by atoms with van der Waals surface area (Å²) in [4.78, 5) is 0.211. The number of hydrogen-bond acceptors (Lipinski definition) is 9. The van der Waals surface area contributed by atoms with Crippen LogP contribution >= 0.6 is 0 Å². The van der Waals surface area contributed by atoms with E-state index < -0.39 is 49.0 Å². The summed E-state index contributed by atoms with van der Waals surface area (Å²) >= 11 is 0. The standard InChI is InChI=1S/C46H59NO9SSi/c1-32(2)58(33(3)4,34(5)6)56-45-44(54-30-35-16-10-8-11-17-35)43(53-31-36-22-24-38(51-7)25-23-36)42(29-48)55-46(45)52-27-26-37-28-47(41-21-15-14-20-40(37)41)57(49,50)39-18-12-9-13-19-39/h8-25,28,32-34,42-46,48H,26-27,29-31H2,1-7H3/t42-,43-,44+,45+,46-/m0/s1. The fourth-order valence-corrected chi connectivity index (χ4v) is 15.6. The lowest BCUT2D eigenvalue weighted by atomic mass is 9.98. The second-order valence-corrected chi connectivity index (χ2v) is 23.1. The van der Waals surface area contributed by atoms with Gasteiger partial charge in [-0.2, -0.15) is 0 Å². The van der Waals surface area contributed by atoms with Crippen molar-refractivity contribution < 1.29 is 41.6 Å². The van der Waals surface area contributed by atoms with Gasteiger partial charge in [0, 0.05) is 11.6 Å². The van der Waals surface area contributed by atoms with Gasteiger partial charge in [-0.3, -0.25) is 0 Å². The van der Waals surface area contributed by atoms with Crippen molar-refractivity contribution in [3.63, 3.8) is 0 Å². The molecule has 1 aliphatic rings. The van der Waals surface area contributed by atoms with Crippen LogP contribution in [-0.4, -0.2) is 76.8 Å². The molecule has 0 spiro atoms. The maximum atomic E-state index is 13.8. The van der Waals surface area contributed by atoms with E-state index >= 15 is 0 Å². The summed E-state index contributed by atoms with van der Waals surface area (Å²) in [5.74, 6) is 0.746. The van der Waals surface area contributed by atoms with Gasteiger partial charge in [-0.1, -0.05) is 120 Å². The molecule has 4 aromatic carbocycles. The van der Waals surface area contributed by atoms with Crippen molar-refractivity contribution in [2.45, 2.75) is 113 Å². The lowest BCUT2D eigenvalue weighted by Crippen LogP contribution is -2.65. The first-order valence-electron chi connectivity index (χ1n) is 20.3. The van der Waals surface area contributed by atoms with Crippen LogP contribution in [0.15, 0.2) is 120 Å². The van der Waals surface area contributed by atoms with Gasteiger partial charge >= 0.3 is 0 Å². The van der Waals surface area contributed by atoms with Crippen molar-refractivity contribution in [2.75, 3.05) is 20.3 Å². The summed E-state index contributed by atoms with van der Waals surface area (Å²) in [6.45, 7) is 13.8. The highest BCUT2D eigenvalue weighted by Crippen LogP contribution is 2.45. The van der Waals surface area contributed by atoms with Crippen LogP contribution < -0.4 is 4.74 Å². The normalized spacial score (nSPS) is 20.4. The third-order valence-corrected chi connectivity index (χ3v) is 19.2. The zero-order valence-electron chi connectivity index (χ0n) is 34.7. The number of ether oxygens (including phenoxy) is 5. The molecule has 0 bridgehead atoms. The van der Waals surface area contributed by atoms with Crippen molar-refractivity contribution >= 4 is 29.2 Å². The highest BCUT2D eigenvalue weighted by Gasteiger charge is 2.55. The number of aliphatic hydroxyl groups excluding tert-OH is 1. The zero-order valence-corrected chi connectivity index (χ0v) is 36.5. The topological polar surface area (TPSA) is 115 Å². The van der Waals surface area contributed by atoms with Crippen LogP contribution in [0.3, 0.4) is 0 Å². The van der Waals surface area contributed by atoms with Gasteiger partial charge in [0.15, 0.2) is 6.29 Å². The van der Waals surface area contributed by atoms with E-state index in [0.29, 0.717) is 11.9 Å². The average Bonchev–Trinajstić information content (AvgIpc) is 3.61. The molecule has 0 saturated carbocycles. The molecule has 58 heavy (non-hydrogen) atoms. The Morgan fingerprint density at radius 3 is 1.88 bits per heavy atom. The summed E-state index contributed by atoms with van der Waals surface area (Å²) < 4.78 is 68.9. The van der Waals surface area contributed by atoms with Crippen molar-refractivity contribution in [1.82, 2.24) is 3.97 Å². The second-order valence-electron chi connectivity index (χ2n) is 15.9. The SMILES string of the molecule is COc1ccc(CO[C@@H]2[C@@H](OCc3ccccc3)[C@@H](O[Si](C(C)C)(C(C)C)C(C)C)[C@@H](OCCc3cn(S(=O)(=O)c4ccccc4)c4ccccc34)O[C@H]2CO)cc1. The van der Waals surface area contributed by atoms with Gasteiger partial charge in [-0.25, -0.2) is 12.4 Å². The molecule has 5 aromatic rings. The van der Waals surface area contributed by atoms with E-state index in [4.69, 9.17) is 28.1 Å². The van der Waals surface area contributed by atoms with Gasteiger partial charge < -0.3 is 33.2 Å². The molecule has 0 unspecified atom stereocenters. The average molecular weight is 830 g/mol. The molecule has 312 valence electrons. The maximum Gasteiger partial charge on any atom is 0.268 e. The Labute approximate surface area is 345 Å². The quantitative estimate of drug-likeness (QED) is 0.0816. The van der Waals surface area contributed by atoms with Gasteiger partial charge in [0.25, 0.3) is 10.0 Å². The Morgan fingerprint density at radius 1 is 0.707 bits per heavy atom. The Bertz CT molecular complexity index is 2120. The molecule has 1 N–H and O–H groups in total. The van der Waals surface area contributed by atoms with E-state index in [-0.39, 0.29) is 47.9 Å². The third-order valence-electron chi connectivity index (χ3n) is 11.4. The van der Waals surface area contributed by atoms with Crippen LogP contribution in [0.1, 0.15) is 58.2 Å². The first-order chi connectivity index (χ1) is 27.9. The number of benzene rings is 4. The number of rotatable bonds is 19. The molecule has 1 aromatic heterocycles. The molecule has 12 heteroatoms. The lowest BCUT2D eigenvalue weighted by Gasteiger charge is -2.51. The molecule has 0 aliphatic carbocycles. The molecule has 1 fully saturated rings. The molecule has 1 saturated heterocycles. The number of hydrogen-bond donors (Lipinski definition) is 1. The number of nitrogens with zero attached hydrogens (tertiary/aromatic N) is 1. The molecule has 0 amide bonds. The van der Waals surface area contributed by atoms with Gasteiger partial charge in [0.05, 0.1) is 43.9 Å². The lowest BCUT2D eigenvalue weighted by molar-refractivity contribution is -0.313. The summed E-state index contributed by atoms with van der Waals surface area (Å²) in [7, 11) is -4.82. The summed E-state index contributed by atoms with van der Waals surface area (Å²) in [6.07, 6.45) is -1.76. The Kier molecular flexibility index (Phi) is 14.7. The number of aromatic nitrogens is 1. The minimum atomic E-state index is -3.86. The van der Waals surface area contributed by atoms with E-state index in [1.165, 1.54) is 3.97 Å². The Hall–Kier alpha value is -3.85. The highest BCUT2D eigenvalue weighted by atomic mass is 32.2. The van der Waals surface area contributed by atoms with Crippen molar-refractivity contribution in [3.05, 3.63) is 132 Å².